The number of aryl methyl sites for hydroxylation is 1. The Labute approximate surface area is 156 Å². The number of nitrogens with one attached hydrogen (secondary N) is 1. The van der Waals surface area contributed by atoms with E-state index in [1.54, 1.807) is 6.26 Å². The molecule has 0 unspecified atom stereocenters. The standard InChI is InChI=1S/C17H12ClFN4O2S/c1-9-21-22-17(14-7-15-13(23(9)14)4-5-25-15)26-8-16(24)20-12-3-2-10(18)6-11(12)19/h2-7H,8H2,1H3,(H,20,24). The van der Waals surface area contributed by atoms with E-state index >= 15 is 0 Å². The molecule has 3 heterocycles. The predicted molar refractivity (Wildman–Crippen MR) is 98.3 cm³/mol. The second kappa shape index (κ2) is 6.62. The summed E-state index contributed by atoms with van der Waals surface area (Å²) in [5.74, 6) is -0.164. The number of aromatic nitrogens is 3. The van der Waals surface area contributed by atoms with Crippen molar-refractivity contribution in [1.29, 1.82) is 0 Å². The van der Waals surface area contributed by atoms with Gasteiger partial charge >= 0.3 is 0 Å². The number of hydrogen-bond acceptors (Lipinski definition) is 5. The van der Waals surface area contributed by atoms with Crippen LogP contribution in [0.2, 0.25) is 5.02 Å². The van der Waals surface area contributed by atoms with Gasteiger partial charge in [-0.25, -0.2) is 4.39 Å². The minimum Gasteiger partial charge on any atom is -0.463 e. The van der Waals surface area contributed by atoms with Crippen LogP contribution in [0.3, 0.4) is 0 Å². The van der Waals surface area contributed by atoms with Crippen molar-refractivity contribution in [2.24, 2.45) is 0 Å². The zero-order valence-electron chi connectivity index (χ0n) is 13.5. The quantitative estimate of drug-likeness (QED) is 0.526. The van der Waals surface area contributed by atoms with E-state index in [0.717, 1.165) is 22.7 Å². The number of fused-ring (bicyclic) bond motifs is 3. The van der Waals surface area contributed by atoms with Crippen LogP contribution in [0, 0.1) is 12.7 Å². The highest BCUT2D eigenvalue weighted by Gasteiger charge is 2.15. The van der Waals surface area contributed by atoms with E-state index in [1.807, 2.05) is 23.5 Å². The number of furan rings is 1. The molecule has 0 fully saturated rings. The molecular weight excluding hydrogens is 379 g/mol. The fourth-order valence-corrected chi connectivity index (χ4v) is 3.55. The summed E-state index contributed by atoms with van der Waals surface area (Å²) in [5.41, 5.74) is 2.50. The van der Waals surface area contributed by atoms with Crippen molar-refractivity contribution in [3.63, 3.8) is 0 Å². The fraction of sp³-hybridized carbons (Fsp3) is 0.118. The molecule has 0 aliphatic carbocycles. The second-order valence-electron chi connectivity index (χ2n) is 5.55. The number of nitrogens with zero attached hydrogens (tertiary/aromatic N) is 3. The van der Waals surface area contributed by atoms with Crippen molar-refractivity contribution in [2.45, 2.75) is 11.9 Å². The average Bonchev–Trinajstić information content (AvgIpc) is 3.18. The van der Waals surface area contributed by atoms with Gasteiger partial charge in [0.2, 0.25) is 5.91 Å². The molecule has 0 spiro atoms. The summed E-state index contributed by atoms with van der Waals surface area (Å²) in [7, 11) is 0. The summed E-state index contributed by atoms with van der Waals surface area (Å²) in [6.07, 6.45) is 1.61. The van der Waals surface area contributed by atoms with Crippen LogP contribution in [-0.4, -0.2) is 26.3 Å². The first-order valence-corrected chi connectivity index (χ1v) is 8.99. The molecule has 1 N–H and O–H groups in total. The highest BCUT2D eigenvalue weighted by Crippen LogP contribution is 2.28. The Morgan fingerprint density at radius 3 is 2.96 bits per heavy atom. The Morgan fingerprint density at radius 2 is 2.15 bits per heavy atom. The van der Waals surface area contributed by atoms with Crippen LogP contribution in [0.25, 0.3) is 16.6 Å². The minimum absolute atomic E-state index is 0.0576. The van der Waals surface area contributed by atoms with E-state index < -0.39 is 5.82 Å². The van der Waals surface area contributed by atoms with Crippen LogP contribution in [0.5, 0.6) is 0 Å². The minimum atomic E-state index is -0.583. The summed E-state index contributed by atoms with van der Waals surface area (Å²) in [5, 5.41) is 11.7. The van der Waals surface area contributed by atoms with Crippen molar-refractivity contribution >= 4 is 51.6 Å². The van der Waals surface area contributed by atoms with Crippen molar-refractivity contribution in [2.75, 3.05) is 11.1 Å². The molecule has 26 heavy (non-hydrogen) atoms. The first kappa shape index (κ1) is 16.9. The molecule has 6 nitrogen and oxygen atoms in total. The zero-order valence-corrected chi connectivity index (χ0v) is 15.1. The van der Waals surface area contributed by atoms with Gasteiger partial charge in [-0.15, -0.1) is 10.2 Å². The molecule has 0 saturated heterocycles. The lowest BCUT2D eigenvalue weighted by Gasteiger charge is -2.07. The molecule has 9 heteroatoms. The summed E-state index contributed by atoms with van der Waals surface area (Å²) in [4.78, 5) is 12.1. The van der Waals surface area contributed by atoms with Gasteiger partial charge in [0.15, 0.2) is 5.58 Å². The molecule has 132 valence electrons. The number of rotatable bonds is 4. The third kappa shape index (κ3) is 3.02. The first-order valence-electron chi connectivity index (χ1n) is 7.62. The van der Waals surface area contributed by atoms with Crippen molar-refractivity contribution in [3.05, 3.63) is 53.3 Å². The van der Waals surface area contributed by atoms with Crippen LogP contribution < -0.4 is 5.32 Å². The van der Waals surface area contributed by atoms with Gasteiger partial charge < -0.3 is 9.73 Å². The highest BCUT2D eigenvalue weighted by molar-refractivity contribution is 8.00. The maximum Gasteiger partial charge on any atom is 0.234 e. The van der Waals surface area contributed by atoms with E-state index in [-0.39, 0.29) is 22.4 Å². The molecule has 0 aliphatic rings. The highest BCUT2D eigenvalue weighted by atomic mass is 35.5. The third-order valence-electron chi connectivity index (χ3n) is 3.80. The maximum absolute atomic E-state index is 13.8. The Kier molecular flexibility index (Phi) is 4.29. The lowest BCUT2D eigenvalue weighted by Crippen LogP contribution is -2.15. The molecule has 0 bridgehead atoms. The largest absolute Gasteiger partial charge is 0.463 e. The van der Waals surface area contributed by atoms with Gasteiger partial charge in [-0.1, -0.05) is 23.4 Å². The predicted octanol–water partition coefficient (Wildman–Crippen LogP) is 4.31. The lowest BCUT2D eigenvalue weighted by molar-refractivity contribution is -0.113. The number of carbonyl (C=O) groups excluding carboxylic acids is 1. The van der Waals surface area contributed by atoms with Crippen molar-refractivity contribution in [1.82, 2.24) is 14.6 Å². The maximum atomic E-state index is 13.8. The number of hydrogen-bond donors (Lipinski definition) is 1. The molecule has 1 aromatic carbocycles. The van der Waals surface area contributed by atoms with Gasteiger partial charge in [0.1, 0.15) is 16.7 Å². The Bertz CT molecular complexity index is 1140. The van der Waals surface area contributed by atoms with E-state index in [2.05, 4.69) is 15.5 Å². The first-order chi connectivity index (χ1) is 12.5. The lowest BCUT2D eigenvalue weighted by atomic mass is 10.3. The molecule has 0 saturated carbocycles. The molecule has 1 amide bonds. The van der Waals surface area contributed by atoms with Gasteiger partial charge in [0.05, 0.1) is 28.7 Å². The number of halogens is 2. The topological polar surface area (TPSA) is 72.4 Å². The van der Waals surface area contributed by atoms with Crippen molar-refractivity contribution in [3.8, 4) is 0 Å². The van der Waals surface area contributed by atoms with Gasteiger partial charge in [-0.2, -0.15) is 0 Å². The number of thioether (sulfide) groups is 1. The second-order valence-corrected chi connectivity index (χ2v) is 6.95. The summed E-state index contributed by atoms with van der Waals surface area (Å²) in [6.45, 7) is 1.84. The SMILES string of the molecule is Cc1nnc(SCC(=O)Nc2ccc(Cl)cc2F)c2cc3occc3n12. The molecule has 0 aliphatic heterocycles. The summed E-state index contributed by atoms with van der Waals surface area (Å²) >= 11 is 6.92. The number of benzene rings is 1. The number of amides is 1. The molecular formula is C17H12ClFN4O2S. The van der Waals surface area contributed by atoms with Gasteiger partial charge in [-0.05, 0) is 25.1 Å². The Hall–Kier alpha value is -2.58. The van der Waals surface area contributed by atoms with Gasteiger partial charge in [0.25, 0.3) is 0 Å². The fourth-order valence-electron chi connectivity index (χ4n) is 2.66. The van der Waals surface area contributed by atoms with Crippen LogP contribution in [0.15, 0.2) is 46.0 Å². The van der Waals surface area contributed by atoms with Gasteiger partial charge in [0, 0.05) is 17.2 Å². The normalized spacial score (nSPS) is 11.3. The van der Waals surface area contributed by atoms with E-state index in [1.165, 1.54) is 23.9 Å². The van der Waals surface area contributed by atoms with Gasteiger partial charge in [-0.3, -0.25) is 9.20 Å². The number of anilines is 1. The van der Waals surface area contributed by atoms with E-state index in [4.69, 9.17) is 16.0 Å². The Morgan fingerprint density at radius 1 is 1.31 bits per heavy atom. The molecule has 0 radical (unpaired) electrons. The average molecular weight is 391 g/mol. The smallest absolute Gasteiger partial charge is 0.234 e. The third-order valence-corrected chi connectivity index (χ3v) is 5.00. The molecule has 4 rings (SSSR count). The van der Waals surface area contributed by atoms with E-state index in [0.29, 0.717) is 10.9 Å². The van der Waals surface area contributed by atoms with Crippen LogP contribution >= 0.6 is 23.4 Å². The monoisotopic (exact) mass is 390 g/mol. The Balaban J connectivity index is 1.54. The molecule has 3 aromatic heterocycles. The zero-order chi connectivity index (χ0) is 18.3. The van der Waals surface area contributed by atoms with Crippen LogP contribution in [-0.2, 0) is 4.79 Å². The van der Waals surface area contributed by atoms with Crippen molar-refractivity contribution < 1.29 is 13.6 Å². The summed E-state index contributed by atoms with van der Waals surface area (Å²) in [6, 6.07) is 7.79. The van der Waals surface area contributed by atoms with E-state index in [9.17, 15) is 9.18 Å². The molecule has 4 aromatic rings. The summed E-state index contributed by atoms with van der Waals surface area (Å²) < 4.78 is 21.1. The molecule has 0 atom stereocenters. The van der Waals surface area contributed by atoms with Crippen LogP contribution in [0.1, 0.15) is 5.82 Å². The van der Waals surface area contributed by atoms with Crippen LogP contribution in [0.4, 0.5) is 10.1 Å². The number of carbonyl (C=O) groups is 1.